The van der Waals surface area contributed by atoms with Crippen molar-refractivity contribution in [2.45, 2.75) is 19.3 Å². The average molecular weight is 352 g/mol. The zero-order chi connectivity index (χ0) is 18.6. The molecule has 1 fully saturated rings. The number of rotatable bonds is 3. The Morgan fingerprint density at radius 3 is 2.12 bits per heavy atom. The molecule has 0 saturated carbocycles. The minimum absolute atomic E-state index is 0.0953. The van der Waals surface area contributed by atoms with Crippen molar-refractivity contribution in [3.63, 3.8) is 0 Å². The topological polar surface area (TPSA) is 65.5 Å². The van der Waals surface area contributed by atoms with E-state index in [1.807, 2.05) is 49.1 Å². The van der Waals surface area contributed by atoms with Gasteiger partial charge in [0, 0.05) is 44.3 Å². The molecule has 0 atom stereocenters. The third-order valence-electron chi connectivity index (χ3n) is 4.82. The molecule has 2 heterocycles. The first-order chi connectivity index (χ1) is 12.5. The molecule has 3 rings (SSSR count). The molecule has 1 N–H and O–H groups in total. The molecule has 1 aliphatic heterocycles. The molecule has 0 radical (unpaired) electrons. The van der Waals surface area contributed by atoms with E-state index in [2.05, 4.69) is 10.3 Å². The number of benzene rings is 1. The summed E-state index contributed by atoms with van der Waals surface area (Å²) in [6.45, 7) is 6.03. The van der Waals surface area contributed by atoms with Gasteiger partial charge in [0.15, 0.2) is 0 Å². The first-order valence-electron chi connectivity index (χ1n) is 8.79. The molecule has 26 heavy (non-hydrogen) atoms. The lowest BCUT2D eigenvalue weighted by molar-refractivity contribution is -0.137. The van der Waals surface area contributed by atoms with Crippen molar-refractivity contribution in [3.05, 3.63) is 60.4 Å². The molecule has 2 aromatic rings. The summed E-state index contributed by atoms with van der Waals surface area (Å²) in [4.78, 5) is 32.9. The predicted molar refractivity (Wildman–Crippen MR) is 101 cm³/mol. The summed E-state index contributed by atoms with van der Waals surface area (Å²) in [6, 6.07) is 13.2. The third-order valence-corrected chi connectivity index (χ3v) is 4.82. The first kappa shape index (κ1) is 17.9. The number of piperazine rings is 1. The van der Waals surface area contributed by atoms with Crippen LogP contribution in [0, 0.1) is 0 Å². The van der Waals surface area contributed by atoms with Gasteiger partial charge in [0.05, 0.1) is 5.41 Å². The van der Waals surface area contributed by atoms with E-state index in [1.54, 1.807) is 29.4 Å². The second kappa shape index (κ2) is 7.56. The maximum Gasteiger partial charge on any atom is 0.321 e. The van der Waals surface area contributed by atoms with Crippen LogP contribution >= 0.6 is 0 Å². The molecule has 136 valence electrons. The maximum absolute atomic E-state index is 13.0. The van der Waals surface area contributed by atoms with Crippen molar-refractivity contribution >= 4 is 17.6 Å². The Morgan fingerprint density at radius 1 is 0.923 bits per heavy atom. The Labute approximate surface area is 153 Å². The average Bonchev–Trinajstić information content (AvgIpc) is 2.69. The highest BCUT2D eigenvalue weighted by atomic mass is 16.2. The van der Waals surface area contributed by atoms with E-state index in [1.165, 1.54) is 0 Å². The van der Waals surface area contributed by atoms with E-state index in [9.17, 15) is 9.59 Å². The van der Waals surface area contributed by atoms with Crippen LogP contribution in [0.3, 0.4) is 0 Å². The number of carbonyl (C=O) groups is 2. The number of hydrogen-bond donors (Lipinski definition) is 1. The molecule has 1 aromatic heterocycles. The van der Waals surface area contributed by atoms with Crippen LogP contribution in [-0.2, 0) is 10.2 Å². The fraction of sp³-hybridized carbons (Fsp3) is 0.350. The first-order valence-corrected chi connectivity index (χ1v) is 8.79. The van der Waals surface area contributed by atoms with E-state index >= 15 is 0 Å². The van der Waals surface area contributed by atoms with Crippen molar-refractivity contribution in [1.29, 1.82) is 0 Å². The highest BCUT2D eigenvalue weighted by Gasteiger charge is 2.35. The number of amides is 3. The predicted octanol–water partition coefficient (Wildman–Crippen LogP) is 2.74. The van der Waals surface area contributed by atoms with Gasteiger partial charge in [-0.25, -0.2) is 4.79 Å². The molecule has 3 amide bonds. The van der Waals surface area contributed by atoms with Gasteiger partial charge in [0.25, 0.3) is 0 Å². The van der Waals surface area contributed by atoms with E-state index < -0.39 is 5.41 Å². The third kappa shape index (κ3) is 3.85. The van der Waals surface area contributed by atoms with E-state index in [-0.39, 0.29) is 11.9 Å². The Balaban J connectivity index is 1.58. The van der Waals surface area contributed by atoms with Gasteiger partial charge in [-0.15, -0.1) is 0 Å². The number of nitrogens with one attached hydrogen (secondary N) is 1. The van der Waals surface area contributed by atoms with Gasteiger partial charge in [-0.1, -0.05) is 30.3 Å². The number of pyridine rings is 1. The van der Waals surface area contributed by atoms with Gasteiger partial charge in [0.1, 0.15) is 0 Å². The second-order valence-electron chi connectivity index (χ2n) is 6.94. The fourth-order valence-corrected chi connectivity index (χ4v) is 3.12. The van der Waals surface area contributed by atoms with E-state index in [0.29, 0.717) is 31.9 Å². The fourth-order valence-electron chi connectivity index (χ4n) is 3.12. The van der Waals surface area contributed by atoms with Crippen molar-refractivity contribution in [1.82, 2.24) is 14.8 Å². The van der Waals surface area contributed by atoms with Crippen LogP contribution < -0.4 is 5.32 Å². The molecule has 6 heteroatoms. The summed E-state index contributed by atoms with van der Waals surface area (Å²) in [5.41, 5.74) is 1.14. The molecule has 0 bridgehead atoms. The van der Waals surface area contributed by atoms with Gasteiger partial charge in [-0.05, 0) is 31.5 Å². The number of anilines is 1. The van der Waals surface area contributed by atoms with Crippen molar-refractivity contribution in [2.24, 2.45) is 0 Å². The van der Waals surface area contributed by atoms with Crippen LogP contribution in [0.5, 0.6) is 0 Å². The summed E-state index contributed by atoms with van der Waals surface area (Å²) < 4.78 is 0. The highest BCUT2D eigenvalue weighted by molar-refractivity contribution is 5.90. The van der Waals surface area contributed by atoms with Crippen LogP contribution in [0.15, 0.2) is 54.9 Å². The molecule has 0 unspecified atom stereocenters. The van der Waals surface area contributed by atoms with Crippen LogP contribution in [-0.4, -0.2) is 52.9 Å². The zero-order valence-corrected chi connectivity index (χ0v) is 15.2. The van der Waals surface area contributed by atoms with Gasteiger partial charge in [-0.3, -0.25) is 9.78 Å². The van der Waals surface area contributed by atoms with Crippen molar-refractivity contribution in [2.75, 3.05) is 31.5 Å². The molecule has 6 nitrogen and oxygen atoms in total. The van der Waals surface area contributed by atoms with Crippen LogP contribution in [0.2, 0.25) is 0 Å². The lowest BCUT2D eigenvalue weighted by atomic mass is 9.83. The Kier molecular flexibility index (Phi) is 5.21. The molecular weight excluding hydrogens is 328 g/mol. The second-order valence-corrected chi connectivity index (χ2v) is 6.94. The molecule has 0 aliphatic carbocycles. The lowest BCUT2D eigenvalue weighted by Crippen LogP contribution is -2.55. The molecule has 0 spiro atoms. The van der Waals surface area contributed by atoms with Crippen LogP contribution in [0.1, 0.15) is 19.4 Å². The summed E-state index contributed by atoms with van der Waals surface area (Å²) in [5, 5.41) is 2.86. The molecular formula is C20H24N4O2. The van der Waals surface area contributed by atoms with Crippen molar-refractivity contribution in [3.8, 4) is 0 Å². The minimum atomic E-state index is -0.581. The van der Waals surface area contributed by atoms with Gasteiger partial charge in [-0.2, -0.15) is 0 Å². The Morgan fingerprint density at radius 2 is 1.50 bits per heavy atom. The summed E-state index contributed by atoms with van der Waals surface area (Å²) in [6.07, 6.45) is 3.27. The monoisotopic (exact) mass is 352 g/mol. The Bertz CT molecular complexity index is 754. The quantitative estimate of drug-likeness (QED) is 0.924. The highest BCUT2D eigenvalue weighted by Crippen LogP contribution is 2.26. The number of nitrogens with zero attached hydrogens (tertiary/aromatic N) is 3. The normalized spacial score (nSPS) is 14.8. The lowest BCUT2D eigenvalue weighted by Gasteiger charge is -2.38. The number of carbonyl (C=O) groups excluding carboxylic acids is 2. The molecule has 1 aromatic carbocycles. The van der Waals surface area contributed by atoms with Crippen LogP contribution in [0.25, 0.3) is 0 Å². The molecule has 1 aliphatic rings. The summed E-state index contributed by atoms with van der Waals surface area (Å²) >= 11 is 0. The largest absolute Gasteiger partial charge is 0.338 e. The Hall–Kier alpha value is -2.89. The summed E-state index contributed by atoms with van der Waals surface area (Å²) in [7, 11) is 0. The van der Waals surface area contributed by atoms with Crippen LogP contribution in [0.4, 0.5) is 10.5 Å². The summed E-state index contributed by atoms with van der Waals surface area (Å²) in [5.74, 6) is 0.0953. The van der Waals surface area contributed by atoms with Gasteiger partial charge >= 0.3 is 6.03 Å². The van der Waals surface area contributed by atoms with Gasteiger partial charge in [0.2, 0.25) is 5.91 Å². The number of urea groups is 1. The minimum Gasteiger partial charge on any atom is -0.338 e. The SMILES string of the molecule is CC(C)(C(=O)N1CCN(C(=O)Nc2ccncc2)CC1)c1ccccc1. The smallest absolute Gasteiger partial charge is 0.321 e. The van der Waals surface area contributed by atoms with E-state index in [0.717, 1.165) is 5.56 Å². The number of hydrogen-bond acceptors (Lipinski definition) is 3. The number of aromatic nitrogens is 1. The zero-order valence-electron chi connectivity index (χ0n) is 15.2. The maximum atomic E-state index is 13.0. The van der Waals surface area contributed by atoms with E-state index in [4.69, 9.17) is 0 Å². The standard InChI is InChI=1S/C20H24N4O2/c1-20(2,16-6-4-3-5-7-16)18(25)23-12-14-24(15-13-23)19(26)22-17-8-10-21-11-9-17/h3-11H,12-15H2,1-2H3,(H,21,22,26). The molecule has 1 saturated heterocycles. The van der Waals surface area contributed by atoms with Gasteiger partial charge < -0.3 is 15.1 Å². The van der Waals surface area contributed by atoms with Crippen molar-refractivity contribution < 1.29 is 9.59 Å².